The van der Waals surface area contributed by atoms with E-state index in [0.29, 0.717) is 22.4 Å². The van der Waals surface area contributed by atoms with E-state index in [9.17, 15) is 19.2 Å². The number of aryl methyl sites for hydroxylation is 2. The summed E-state index contributed by atoms with van der Waals surface area (Å²) in [6.07, 6.45) is 5.95. The molecule has 1 aliphatic heterocycles. The van der Waals surface area contributed by atoms with Crippen molar-refractivity contribution in [3.05, 3.63) is 56.8 Å². The quantitative estimate of drug-likeness (QED) is 0.437. The van der Waals surface area contributed by atoms with E-state index < -0.39 is 0 Å². The molecule has 2 aromatic rings. The highest BCUT2D eigenvalue weighted by Gasteiger charge is 2.34. The predicted octanol–water partition coefficient (Wildman–Crippen LogP) is 2.85. The number of hydrazine groups is 1. The highest BCUT2D eigenvalue weighted by Crippen LogP contribution is 2.28. The number of amides is 4. The summed E-state index contributed by atoms with van der Waals surface area (Å²) in [5, 5.41) is 0. The van der Waals surface area contributed by atoms with Crippen molar-refractivity contribution in [2.45, 2.75) is 44.9 Å². The molecule has 2 aliphatic rings. The molecule has 0 saturated heterocycles. The van der Waals surface area contributed by atoms with Gasteiger partial charge in [-0.05, 0) is 55.9 Å². The summed E-state index contributed by atoms with van der Waals surface area (Å²) in [5.74, 6) is -1.34. The molecule has 0 saturated carbocycles. The molecule has 0 bridgehead atoms. The Labute approximate surface area is 178 Å². The Hall–Kier alpha value is -3.00. The van der Waals surface area contributed by atoms with Crippen molar-refractivity contribution >= 4 is 35.0 Å². The van der Waals surface area contributed by atoms with Crippen LogP contribution in [0.4, 0.5) is 0 Å². The van der Waals surface area contributed by atoms with Gasteiger partial charge < -0.3 is 0 Å². The van der Waals surface area contributed by atoms with Crippen LogP contribution in [-0.4, -0.2) is 35.1 Å². The Morgan fingerprint density at radius 2 is 1.67 bits per heavy atom. The van der Waals surface area contributed by atoms with Gasteiger partial charge in [-0.25, -0.2) is 0 Å². The lowest BCUT2D eigenvalue weighted by molar-refractivity contribution is -0.122. The van der Waals surface area contributed by atoms with Gasteiger partial charge in [-0.3, -0.25) is 34.9 Å². The van der Waals surface area contributed by atoms with Gasteiger partial charge in [-0.1, -0.05) is 18.6 Å². The van der Waals surface area contributed by atoms with Gasteiger partial charge in [0, 0.05) is 17.8 Å². The minimum absolute atomic E-state index is 0.0919. The number of carbonyl (C=O) groups is 4. The van der Waals surface area contributed by atoms with E-state index in [0.717, 1.165) is 30.6 Å². The Balaban J connectivity index is 1.23. The number of rotatable bonds is 5. The molecule has 30 heavy (non-hydrogen) atoms. The van der Waals surface area contributed by atoms with Gasteiger partial charge in [0.1, 0.15) is 0 Å². The lowest BCUT2D eigenvalue weighted by Crippen LogP contribution is -2.41. The van der Waals surface area contributed by atoms with Crippen molar-refractivity contribution in [3.8, 4) is 0 Å². The standard InChI is InChI=1S/C22H23N3O4S/c26-19(11-6-12-25-21(28)15-8-4-5-9-16(15)22(25)29)23-24-20(27)18-13-14-7-2-1-3-10-17(14)30-18/h4-5,8-9,13H,1-3,6-7,10-12H2,(H,23,26)(H,24,27). The maximum atomic E-state index is 12.3. The molecule has 2 heterocycles. The van der Waals surface area contributed by atoms with Gasteiger partial charge in [0.15, 0.2) is 0 Å². The number of fused-ring (bicyclic) bond motifs is 2. The molecule has 4 rings (SSSR count). The minimum Gasteiger partial charge on any atom is -0.274 e. The van der Waals surface area contributed by atoms with E-state index in [4.69, 9.17) is 0 Å². The van der Waals surface area contributed by atoms with Crippen LogP contribution in [0.2, 0.25) is 0 Å². The zero-order valence-electron chi connectivity index (χ0n) is 16.5. The first-order valence-corrected chi connectivity index (χ1v) is 11.0. The van der Waals surface area contributed by atoms with E-state index in [1.54, 1.807) is 24.3 Å². The zero-order valence-corrected chi connectivity index (χ0v) is 17.3. The smallest absolute Gasteiger partial charge is 0.274 e. The first-order valence-electron chi connectivity index (χ1n) is 10.2. The second-order valence-corrected chi connectivity index (χ2v) is 8.67. The fraction of sp³-hybridized carbons (Fsp3) is 0.364. The zero-order chi connectivity index (χ0) is 21.1. The Kier molecular flexibility index (Phi) is 5.94. The molecule has 0 spiro atoms. The monoisotopic (exact) mass is 425 g/mol. The molecule has 1 aromatic heterocycles. The third-order valence-electron chi connectivity index (χ3n) is 5.45. The molecule has 156 valence electrons. The van der Waals surface area contributed by atoms with Crippen molar-refractivity contribution in [2.75, 3.05) is 6.54 Å². The lowest BCUT2D eigenvalue weighted by Gasteiger charge is -2.13. The fourth-order valence-electron chi connectivity index (χ4n) is 3.87. The topological polar surface area (TPSA) is 95.6 Å². The summed E-state index contributed by atoms with van der Waals surface area (Å²) in [4.78, 5) is 52.0. The molecule has 0 radical (unpaired) electrons. The van der Waals surface area contributed by atoms with Crippen LogP contribution in [-0.2, 0) is 17.6 Å². The van der Waals surface area contributed by atoms with Crippen molar-refractivity contribution in [1.29, 1.82) is 0 Å². The largest absolute Gasteiger partial charge is 0.279 e. The van der Waals surface area contributed by atoms with Crippen molar-refractivity contribution in [1.82, 2.24) is 15.8 Å². The summed E-state index contributed by atoms with van der Waals surface area (Å²) < 4.78 is 0. The Morgan fingerprint density at radius 3 is 2.40 bits per heavy atom. The molecular weight excluding hydrogens is 402 g/mol. The lowest BCUT2D eigenvalue weighted by atomic mass is 10.1. The highest BCUT2D eigenvalue weighted by molar-refractivity contribution is 7.14. The van der Waals surface area contributed by atoms with E-state index in [2.05, 4.69) is 10.9 Å². The van der Waals surface area contributed by atoms with Gasteiger partial charge in [0.25, 0.3) is 17.7 Å². The maximum absolute atomic E-state index is 12.3. The molecule has 1 aromatic carbocycles. The van der Waals surface area contributed by atoms with Gasteiger partial charge >= 0.3 is 0 Å². The van der Waals surface area contributed by atoms with Crippen LogP contribution in [0.3, 0.4) is 0 Å². The second-order valence-electron chi connectivity index (χ2n) is 7.53. The first kappa shape index (κ1) is 20.3. The van der Waals surface area contributed by atoms with Gasteiger partial charge in [0.05, 0.1) is 16.0 Å². The van der Waals surface area contributed by atoms with Gasteiger partial charge in [0.2, 0.25) is 5.91 Å². The second kappa shape index (κ2) is 8.79. The van der Waals surface area contributed by atoms with Gasteiger partial charge in [-0.15, -0.1) is 11.3 Å². The number of benzene rings is 1. The molecule has 1 aliphatic carbocycles. The highest BCUT2D eigenvalue weighted by atomic mass is 32.1. The Bertz CT molecular complexity index is 955. The minimum atomic E-state index is -0.363. The third kappa shape index (κ3) is 4.14. The summed E-state index contributed by atoms with van der Waals surface area (Å²) in [5.41, 5.74) is 6.92. The SMILES string of the molecule is O=C(CCCN1C(=O)c2ccccc2C1=O)NNC(=O)c1cc2c(s1)CCCCC2. The van der Waals surface area contributed by atoms with E-state index in [1.165, 1.54) is 28.2 Å². The molecule has 0 atom stereocenters. The average Bonchev–Trinajstić information content (AvgIpc) is 3.17. The molecular formula is C22H23N3O4S. The molecule has 4 amide bonds. The van der Waals surface area contributed by atoms with Crippen molar-refractivity contribution < 1.29 is 19.2 Å². The molecule has 8 heteroatoms. The van der Waals surface area contributed by atoms with Crippen LogP contribution >= 0.6 is 11.3 Å². The molecule has 2 N–H and O–H groups in total. The maximum Gasteiger partial charge on any atom is 0.279 e. The molecule has 0 unspecified atom stereocenters. The van der Waals surface area contributed by atoms with Crippen LogP contribution in [0.15, 0.2) is 30.3 Å². The number of imide groups is 1. The van der Waals surface area contributed by atoms with Crippen molar-refractivity contribution in [2.24, 2.45) is 0 Å². The number of hydrogen-bond donors (Lipinski definition) is 2. The summed E-state index contributed by atoms with van der Waals surface area (Å²) >= 11 is 1.49. The summed E-state index contributed by atoms with van der Waals surface area (Å²) in [7, 11) is 0. The third-order valence-corrected chi connectivity index (χ3v) is 6.69. The Morgan fingerprint density at radius 1 is 0.967 bits per heavy atom. The van der Waals surface area contributed by atoms with Crippen LogP contribution in [0.25, 0.3) is 0 Å². The van der Waals surface area contributed by atoms with Crippen LogP contribution in [0.5, 0.6) is 0 Å². The number of nitrogens with one attached hydrogen (secondary N) is 2. The van der Waals surface area contributed by atoms with Crippen LogP contribution < -0.4 is 10.9 Å². The summed E-state index contributed by atoms with van der Waals surface area (Å²) in [6, 6.07) is 8.61. The average molecular weight is 426 g/mol. The molecule has 0 fully saturated rings. The first-order chi connectivity index (χ1) is 14.5. The van der Waals surface area contributed by atoms with Crippen LogP contribution in [0.1, 0.15) is 72.9 Å². The number of nitrogens with zero attached hydrogens (tertiary/aromatic N) is 1. The van der Waals surface area contributed by atoms with Gasteiger partial charge in [-0.2, -0.15) is 0 Å². The fourth-order valence-corrected chi connectivity index (χ4v) is 5.02. The number of hydrogen-bond acceptors (Lipinski definition) is 5. The molecule has 7 nitrogen and oxygen atoms in total. The van der Waals surface area contributed by atoms with E-state index in [-0.39, 0.29) is 36.6 Å². The van der Waals surface area contributed by atoms with E-state index in [1.807, 2.05) is 6.07 Å². The van der Waals surface area contributed by atoms with Crippen LogP contribution in [0, 0.1) is 0 Å². The number of thiophene rings is 1. The summed E-state index contributed by atoms with van der Waals surface area (Å²) in [6.45, 7) is 0.158. The normalized spacial score (nSPS) is 15.4. The number of carbonyl (C=O) groups excluding carboxylic acids is 4. The van der Waals surface area contributed by atoms with Crippen molar-refractivity contribution in [3.63, 3.8) is 0 Å². The van der Waals surface area contributed by atoms with E-state index >= 15 is 0 Å². The predicted molar refractivity (Wildman–Crippen MR) is 112 cm³/mol.